The predicted octanol–water partition coefficient (Wildman–Crippen LogP) is 7.76. The number of ketones is 1. The number of fused-ring (bicyclic) bond motifs is 7. The lowest BCUT2D eigenvalue weighted by Gasteiger charge is -2.76. The van der Waals surface area contributed by atoms with Crippen LogP contribution in [0.2, 0.25) is 0 Å². The maximum absolute atomic E-state index is 13.5. The molecule has 5 nitrogen and oxygen atoms in total. The van der Waals surface area contributed by atoms with Gasteiger partial charge >= 0.3 is 11.9 Å². The predicted molar refractivity (Wildman–Crippen MR) is 152 cm³/mol. The molecule has 0 bridgehead atoms. The Morgan fingerprint density at radius 3 is 2.10 bits per heavy atom. The van der Waals surface area contributed by atoms with Gasteiger partial charge in [-0.25, -0.2) is 0 Å². The molecule has 5 aliphatic carbocycles. The molecule has 8 atom stereocenters. The summed E-state index contributed by atoms with van der Waals surface area (Å²) in [5.74, 6) is 0.0968. The minimum atomic E-state index is -0.777. The van der Waals surface area contributed by atoms with Gasteiger partial charge in [0.25, 0.3) is 0 Å². The van der Waals surface area contributed by atoms with Crippen molar-refractivity contribution < 1.29 is 24.2 Å². The van der Waals surface area contributed by atoms with Gasteiger partial charge in [0.1, 0.15) is 6.10 Å². The van der Waals surface area contributed by atoms with Crippen LogP contribution < -0.4 is 0 Å². The highest BCUT2D eigenvalue weighted by atomic mass is 16.5. The number of hydrogen-bond acceptors (Lipinski definition) is 4. The zero-order chi connectivity index (χ0) is 29.0. The van der Waals surface area contributed by atoms with E-state index >= 15 is 0 Å². The molecule has 0 heterocycles. The summed E-state index contributed by atoms with van der Waals surface area (Å²) >= 11 is 0. The maximum Gasteiger partial charge on any atom is 0.304 e. The first kappa shape index (κ1) is 28.9. The number of allylic oxidation sites excluding steroid dienone is 2. The number of carbonyl (C=O) groups is 3. The normalized spacial score (nSPS) is 46.7. The number of Topliss-reactive ketones (excluding diaryl/α,β-unsaturated/α-hetero) is 1. The molecule has 1 N–H and O–H groups in total. The van der Waals surface area contributed by atoms with Crippen molar-refractivity contribution >= 4 is 17.7 Å². The maximum atomic E-state index is 13.5. The molecule has 4 fully saturated rings. The number of aliphatic carboxylic acids is 1. The minimum absolute atomic E-state index is 0.00690. The lowest BCUT2D eigenvalue weighted by Crippen LogP contribution is -2.70. The van der Waals surface area contributed by atoms with Crippen molar-refractivity contribution in [3.05, 3.63) is 11.1 Å². The van der Waals surface area contributed by atoms with Crippen molar-refractivity contribution in [3.63, 3.8) is 0 Å². The highest BCUT2D eigenvalue weighted by Gasteiger charge is 2.74. The summed E-state index contributed by atoms with van der Waals surface area (Å²) in [5.41, 5.74) is 1.90. The second-order valence-corrected chi connectivity index (χ2v) is 16.1. The van der Waals surface area contributed by atoms with Gasteiger partial charge in [-0.3, -0.25) is 14.4 Å². The summed E-state index contributed by atoms with van der Waals surface area (Å²) in [6, 6.07) is 0. The Labute approximate surface area is 235 Å². The van der Waals surface area contributed by atoms with Crippen molar-refractivity contribution in [2.75, 3.05) is 0 Å². The highest BCUT2D eigenvalue weighted by molar-refractivity contribution is 6.01. The van der Waals surface area contributed by atoms with Crippen LogP contribution >= 0.6 is 0 Å². The summed E-state index contributed by atoms with van der Waals surface area (Å²) in [4.78, 5) is 37.6. The Morgan fingerprint density at radius 2 is 1.51 bits per heavy atom. The summed E-state index contributed by atoms with van der Waals surface area (Å²) in [6.45, 7) is 20.6. The van der Waals surface area contributed by atoms with Gasteiger partial charge in [0.2, 0.25) is 0 Å². The fourth-order valence-electron chi connectivity index (χ4n) is 12.0. The van der Waals surface area contributed by atoms with E-state index < -0.39 is 11.4 Å². The molecule has 39 heavy (non-hydrogen) atoms. The van der Waals surface area contributed by atoms with Crippen molar-refractivity contribution in [1.82, 2.24) is 0 Å². The number of hydrogen-bond donors (Lipinski definition) is 1. The van der Waals surface area contributed by atoms with E-state index in [1.807, 2.05) is 0 Å². The van der Waals surface area contributed by atoms with E-state index in [1.165, 1.54) is 12.5 Å². The Morgan fingerprint density at radius 1 is 0.897 bits per heavy atom. The van der Waals surface area contributed by atoms with Crippen molar-refractivity contribution in [2.24, 2.45) is 50.2 Å². The zero-order valence-corrected chi connectivity index (χ0v) is 26.0. The average Bonchev–Trinajstić information content (AvgIpc) is 3.09. The fraction of sp³-hybridized carbons (Fsp3) is 0.853. The van der Waals surface area contributed by atoms with Crippen LogP contribution in [-0.4, -0.2) is 28.9 Å². The van der Waals surface area contributed by atoms with E-state index in [0.717, 1.165) is 56.9 Å². The van der Waals surface area contributed by atoms with Gasteiger partial charge in [0, 0.05) is 24.2 Å². The van der Waals surface area contributed by atoms with E-state index in [1.54, 1.807) is 0 Å². The number of esters is 1. The summed E-state index contributed by atoms with van der Waals surface area (Å²) in [6.07, 6.45) is 8.54. The smallest absolute Gasteiger partial charge is 0.304 e. The third-order valence-electron chi connectivity index (χ3n) is 14.3. The molecule has 218 valence electrons. The molecule has 0 aliphatic heterocycles. The average molecular weight is 541 g/mol. The monoisotopic (exact) mass is 540 g/mol. The van der Waals surface area contributed by atoms with Crippen LogP contribution in [0.5, 0.6) is 0 Å². The fourth-order valence-corrected chi connectivity index (χ4v) is 12.0. The van der Waals surface area contributed by atoms with Crippen molar-refractivity contribution in [3.8, 4) is 0 Å². The largest absolute Gasteiger partial charge is 0.481 e. The SMILES string of the molecule is CC(=O)O[C@H]1CC[C@@]2(C)[C@@H](CC[C@]3(C)[C@]2(C)CC[C@@H]2C4=C(C(C)C)C(=O)C[C@]4(CC(=O)O)CC[C@]23C)C1(C)C. The zero-order valence-electron chi connectivity index (χ0n) is 26.0. The molecule has 5 heteroatoms. The molecule has 0 aromatic rings. The van der Waals surface area contributed by atoms with Crippen LogP contribution in [0.1, 0.15) is 127 Å². The molecule has 0 aromatic carbocycles. The van der Waals surface area contributed by atoms with Gasteiger partial charge in [-0.2, -0.15) is 0 Å². The van der Waals surface area contributed by atoms with Crippen molar-refractivity contribution in [2.45, 2.75) is 133 Å². The second-order valence-electron chi connectivity index (χ2n) is 16.1. The van der Waals surface area contributed by atoms with Gasteiger partial charge in [-0.05, 0) is 96.4 Å². The third-order valence-corrected chi connectivity index (χ3v) is 14.3. The Kier molecular flexibility index (Phi) is 6.42. The summed E-state index contributed by atoms with van der Waals surface area (Å²) < 4.78 is 5.91. The molecule has 0 aromatic heterocycles. The quantitative estimate of drug-likeness (QED) is 0.369. The number of ether oxygens (including phenoxy) is 1. The first-order valence-electron chi connectivity index (χ1n) is 15.6. The summed E-state index contributed by atoms with van der Waals surface area (Å²) in [5, 5.41) is 9.98. The molecule has 5 aliphatic rings. The van der Waals surface area contributed by atoms with E-state index in [0.29, 0.717) is 12.3 Å². The standard InChI is InChI=1S/C34H52O5/c1-20(2)27-23(36)18-34(19-26(37)38)17-16-30(6)22(28(27)34)10-14-33(9)31(7)13-12-25(39-21(3)35)29(4,5)24(31)11-15-32(30,33)8/h20,22,24-25H,10-19H2,1-9H3,(H,37,38)/t22-,24+,25+,30-,31+,32+,33-,34+/m1/s1. The van der Waals surface area contributed by atoms with Gasteiger partial charge in [-0.1, -0.05) is 61.0 Å². The number of rotatable bonds is 4. The summed E-state index contributed by atoms with van der Waals surface area (Å²) in [7, 11) is 0. The lowest BCUT2D eigenvalue weighted by atomic mass is 9.28. The van der Waals surface area contributed by atoms with Crippen molar-refractivity contribution in [1.29, 1.82) is 0 Å². The van der Waals surface area contributed by atoms with Crippen LogP contribution in [0.15, 0.2) is 11.1 Å². The third kappa shape index (κ3) is 3.52. The first-order valence-corrected chi connectivity index (χ1v) is 15.6. The second kappa shape index (κ2) is 8.68. The topological polar surface area (TPSA) is 80.7 Å². The Balaban J connectivity index is 1.60. The lowest BCUT2D eigenvalue weighted by molar-refractivity contribution is -0.277. The van der Waals surface area contributed by atoms with Gasteiger partial charge in [0.15, 0.2) is 5.78 Å². The molecular formula is C34H52O5. The van der Waals surface area contributed by atoms with Gasteiger partial charge in [0.05, 0.1) is 6.42 Å². The van der Waals surface area contributed by atoms with Crippen LogP contribution in [0.25, 0.3) is 0 Å². The van der Waals surface area contributed by atoms with Crippen LogP contribution in [-0.2, 0) is 19.1 Å². The van der Waals surface area contributed by atoms with Gasteiger partial charge in [-0.15, -0.1) is 0 Å². The molecule has 5 rings (SSSR count). The highest BCUT2D eigenvalue weighted by Crippen LogP contribution is 2.81. The van der Waals surface area contributed by atoms with Crippen LogP contribution in [0.4, 0.5) is 0 Å². The molecular weight excluding hydrogens is 488 g/mol. The molecule has 0 amide bonds. The van der Waals surface area contributed by atoms with Gasteiger partial charge < -0.3 is 9.84 Å². The molecule has 4 saturated carbocycles. The number of carbonyl (C=O) groups excluding carboxylic acids is 2. The Bertz CT molecular complexity index is 1130. The van der Waals surface area contributed by atoms with E-state index in [2.05, 4.69) is 55.4 Å². The van der Waals surface area contributed by atoms with E-state index in [9.17, 15) is 19.5 Å². The van der Waals surface area contributed by atoms with E-state index in [-0.39, 0.29) is 63.2 Å². The minimum Gasteiger partial charge on any atom is -0.481 e. The number of carboxylic acids is 1. The van der Waals surface area contributed by atoms with Crippen LogP contribution in [0, 0.1) is 50.2 Å². The molecule has 0 saturated heterocycles. The molecule has 0 radical (unpaired) electrons. The van der Waals surface area contributed by atoms with Crippen LogP contribution in [0.3, 0.4) is 0 Å². The molecule has 0 spiro atoms. The molecule has 0 unspecified atom stereocenters. The first-order chi connectivity index (χ1) is 17.9. The Hall–Kier alpha value is -1.65. The number of carboxylic acid groups (broad SMARTS) is 1. The van der Waals surface area contributed by atoms with E-state index in [4.69, 9.17) is 4.74 Å².